The van der Waals surface area contributed by atoms with Crippen LogP contribution in [0.2, 0.25) is 0 Å². The van der Waals surface area contributed by atoms with E-state index in [0.29, 0.717) is 6.61 Å². The molecule has 0 fully saturated rings. The third-order valence-corrected chi connectivity index (χ3v) is 2.15. The van der Waals surface area contributed by atoms with Crippen molar-refractivity contribution in [3.8, 4) is 0 Å². The summed E-state index contributed by atoms with van der Waals surface area (Å²) in [5, 5.41) is 0. The van der Waals surface area contributed by atoms with E-state index in [0.717, 1.165) is 12.8 Å². The fourth-order valence-corrected chi connectivity index (χ4v) is 1.43. The van der Waals surface area contributed by atoms with Gasteiger partial charge in [-0.3, -0.25) is 0 Å². The monoisotopic (exact) mass is 164 g/mol. The first kappa shape index (κ1) is 9.27. The largest absolute Gasteiger partial charge is 0.363 e. The summed E-state index contributed by atoms with van der Waals surface area (Å²) in [4.78, 5) is 0. The third-order valence-electron chi connectivity index (χ3n) is 2.15. The second-order valence-electron chi connectivity index (χ2n) is 3.05. The van der Waals surface area contributed by atoms with Crippen LogP contribution in [0.5, 0.6) is 0 Å². The highest BCUT2D eigenvalue weighted by molar-refractivity contribution is 5.15. The molecule has 1 atom stereocenters. The molecule has 0 aromatic rings. The highest BCUT2D eigenvalue weighted by atomic mass is 16.5. The normalized spacial score (nSPS) is 28.3. The third kappa shape index (κ3) is 2.08. The maximum Gasteiger partial charge on any atom is 0.104 e. The van der Waals surface area contributed by atoms with Crippen LogP contribution in [-0.2, 0) is 4.74 Å². The molecule has 0 aromatic heterocycles. The van der Waals surface area contributed by atoms with Crippen molar-refractivity contribution >= 4 is 0 Å². The fourth-order valence-electron chi connectivity index (χ4n) is 1.43. The lowest BCUT2D eigenvalue weighted by Gasteiger charge is -2.29. The van der Waals surface area contributed by atoms with Gasteiger partial charge in [0.25, 0.3) is 0 Å². The number of hydrogen-bond acceptors (Lipinski definition) is 1. The van der Waals surface area contributed by atoms with Crippen molar-refractivity contribution in [1.82, 2.24) is 0 Å². The topological polar surface area (TPSA) is 9.23 Å². The molecule has 1 unspecified atom stereocenters. The van der Waals surface area contributed by atoms with Gasteiger partial charge in [-0.1, -0.05) is 30.9 Å². The molecule has 1 aliphatic rings. The van der Waals surface area contributed by atoms with Gasteiger partial charge in [0, 0.05) is 0 Å². The predicted octanol–water partition coefficient (Wildman–Crippen LogP) is 2.85. The molecule has 66 valence electrons. The van der Waals surface area contributed by atoms with E-state index in [1.54, 1.807) is 6.08 Å². The van der Waals surface area contributed by atoms with Crippen molar-refractivity contribution in [2.24, 2.45) is 0 Å². The van der Waals surface area contributed by atoms with E-state index in [-0.39, 0.29) is 5.60 Å². The molecule has 12 heavy (non-hydrogen) atoms. The average molecular weight is 164 g/mol. The Kier molecular flexibility index (Phi) is 3.30. The molecular formula is C11H16O. The lowest BCUT2D eigenvalue weighted by Crippen LogP contribution is -2.29. The minimum absolute atomic E-state index is 0.216. The Hall–Kier alpha value is -0.820. The standard InChI is InChI=1S/C11H16O/c1-3-10-12-11(4-2)8-6-5-7-9-11/h3-4,6,8H,1-2,5,7,9-10H2. The summed E-state index contributed by atoms with van der Waals surface area (Å²) < 4.78 is 5.65. The molecule has 0 radical (unpaired) electrons. The van der Waals surface area contributed by atoms with Crippen molar-refractivity contribution in [2.45, 2.75) is 24.9 Å². The average Bonchev–Trinajstić information content (AvgIpc) is 2.16. The first-order valence-electron chi connectivity index (χ1n) is 4.39. The Morgan fingerprint density at radius 2 is 2.33 bits per heavy atom. The van der Waals surface area contributed by atoms with E-state index in [1.807, 2.05) is 6.08 Å². The molecule has 0 amide bonds. The summed E-state index contributed by atoms with van der Waals surface area (Å²) in [5.74, 6) is 0. The number of hydrogen-bond donors (Lipinski definition) is 0. The van der Waals surface area contributed by atoms with Crippen LogP contribution in [0.25, 0.3) is 0 Å². The fraction of sp³-hybridized carbons (Fsp3) is 0.455. The Labute approximate surface area is 74.4 Å². The van der Waals surface area contributed by atoms with Gasteiger partial charge in [0.2, 0.25) is 0 Å². The molecule has 0 aliphatic heterocycles. The van der Waals surface area contributed by atoms with Gasteiger partial charge in [0.1, 0.15) is 5.60 Å². The van der Waals surface area contributed by atoms with Gasteiger partial charge in [-0.2, -0.15) is 0 Å². The van der Waals surface area contributed by atoms with E-state index in [2.05, 4.69) is 25.3 Å². The maximum atomic E-state index is 5.65. The van der Waals surface area contributed by atoms with Gasteiger partial charge in [0.15, 0.2) is 0 Å². The van der Waals surface area contributed by atoms with E-state index in [4.69, 9.17) is 4.74 Å². The molecule has 0 saturated heterocycles. The first-order valence-corrected chi connectivity index (χ1v) is 4.39. The summed E-state index contributed by atoms with van der Waals surface area (Å²) in [6, 6.07) is 0. The van der Waals surface area contributed by atoms with Crippen LogP contribution in [0, 0.1) is 0 Å². The lowest BCUT2D eigenvalue weighted by atomic mass is 9.91. The summed E-state index contributed by atoms with van der Waals surface area (Å²) in [6.45, 7) is 8.02. The number of allylic oxidation sites excluding steroid dienone is 1. The smallest absolute Gasteiger partial charge is 0.104 e. The van der Waals surface area contributed by atoms with Crippen LogP contribution in [0.3, 0.4) is 0 Å². The lowest BCUT2D eigenvalue weighted by molar-refractivity contribution is 0.0362. The second-order valence-corrected chi connectivity index (χ2v) is 3.05. The van der Waals surface area contributed by atoms with Crippen molar-refractivity contribution < 1.29 is 4.74 Å². The van der Waals surface area contributed by atoms with Gasteiger partial charge >= 0.3 is 0 Å². The number of rotatable bonds is 4. The van der Waals surface area contributed by atoms with Crippen LogP contribution in [0.4, 0.5) is 0 Å². The van der Waals surface area contributed by atoms with Crippen LogP contribution in [0.15, 0.2) is 37.5 Å². The Morgan fingerprint density at radius 3 is 2.83 bits per heavy atom. The van der Waals surface area contributed by atoms with Crippen LogP contribution < -0.4 is 0 Å². The highest BCUT2D eigenvalue weighted by Gasteiger charge is 2.24. The van der Waals surface area contributed by atoms with Gasteiger partial charge < -0.3 is 4.74 Å². The summed E-state index contributed by atoms with van der Waals surface area (Å²) in [6.07, 6.45) is 11.3. The zero-order valence-corrected chi connectivity index (χ0v) is 7.46. The molecule has 0 bridgehead atoms. The Balaban J connectivity index is 2.60. The van der Waals surface area contributed by atoms with E-state index >= 15 is 0 Å². The SMILES string of the molecule is C=CCOC1(C=C)C=CCCC1. The molecule has 0 N–H and O–H groups in total. The molecule has 0 spiro atoms. The van der Waals surface area contributed by atoms with Gasteiger partial charge in [-0.15, -0.1) is 6.58 Å². The Bertz CT molecular complexity index is 193. The summed E-state index contributed by atoms with van der Waals surface area (Å²) in [5.41, 5.74) is -0.216. The van der Waals surface area contributed by atoms with E-state index in [9.17, 15) is 0 Å². The minimum atomic E-state index is -0.216. The molecule has 0 heterocycles. The summed E-state index contributed by atoms with van der Waals surface area (Å²) in [7, 11) is 0. The van der Waals surface area contributed by atoms with Crippen molar-refractivity contribution in [3.63, 3.8) is 0 Å². The summed E-state index contributed by atoms with van der Waals surface area (Å²) >= 11 is 0. The quantitative estimate of drug-likeness (QED) is 0.580. The van der Waals surface area contributed by atoms with Gasteiger partial charge in [-0.05, 0) is 19.3 Å². The first-order chi connectivity index (χ1) is 5.83. The molecule has 0 aromatic carbocycles. The molecule has 0 saturated carbocycles. The van der Waals surface area contributed by atoms with Crippen molar-refractivity contribution in [1.29, 1.82) is 0 Å². The van der Waals surface area contributed by atoms with Crippen molar-refractivity contribution in [3.05, 3.63) is 37.5 Å². The van der Waals surface area contributed by atoms with E-state index in [1.165, 1.54) is 6.42 Å². The van der Waals surface area contributed by atoms with Crippen molar-refractivity contribution in [2.75, 3.05) is 6.61 Å². The van der Waals surface area contributed by atoms with Gasteiger partial charge in [0.05, 0.1) is 6.61 Å². The van der Waals surface area contributed by atoms with Crippen LogP contribution in [-0.4, -0.2) is 12.2 Å². The second kappa shape index (κ2) is 4.27. The molecular weight excluding hydrogens is 148 g/mol. The molecule has 1 heteroatoms. The number of ether oxygens (including phenoxy) is 1. The molecule has 1 aliphatic carbocycles. The Morgan fingerprint density at radius 1 is 1.50 bits per heavy atom. The van der Waals surface area contributed by atoms with Crippen LogP contribution >= 0.6 is 0 Å². The maximum absolute atomic E-state index is 5.65. The zero-order chi connectivity index (χ0) is 8.86. The zero-order valence-electron chi connectivity index (χ0n) is 7.46. The molecule has 1 rings (SSSR count). The van der Waals surface area contributed by atoms with E-state index < -0.39 is 0 Å². The minimum Gasteiger partial charge on any atom is -0.363 e. The molecule has 1 nitrogen and oxygen atoms in total. The highest BCUT2D eigenvalue weighted by Crippen LogP contribution is 2.26. The van der Waals surface area contributed by atoms with Crippen LogP contribution in [0.1, 0.15) is 19.3 Å². The van der Waals surface area contributed by atoms with Gasteiger partial charge in [-0.25, -0.2) is 0 Å². The predicted molar refractivity (Wildman–Crippen MR) is 52.1 cm³/mol.